The highest BCUT2D eigenvalue weighted by atomic mass is 35.5. The average Bonchev–Trinajstić information content (AvgIpc) is 3.29. The van der Waals surface area contributed by atoms with E-state index in [0.29, 0.717) is 18.5 Å². The Morgan fingerprint density at radius 2 is 2.03 bits per heavy atom. The van der Waals surface area contributed by atoms with Crippen molar-refractivity contribution in [2.24, 2.45) is 0 Å². The SMILES string of the molecule is C[C@H](F)[C@H]1COC(=O)N1c1ccnc(NC2(c3ncn(-c4cccc(C(F)(F)F)c4)c3Cl)CC2)n1. The third-order valence-electron chi connectivity index (χ3n) is 6.04. The van der Waals surface area contributed by atoms with Crippen molar-refractivity contribution in [3.8, 4) is 5.69 Å². The van der Waals surface area contributed by atoms with E-state index in [1.165, 1.54) is 42.2 Å². The molecule has 2 aliphatic rings. The lowest BCUT2D eigenvalue weighted by atomic mass is 10.2. The van der Waals surface area contributed by atoms with E-state index in [4.69, 9.17) is 16.3 Å². The standard InChI is InChI=1S/C22H19ClF4N6O2/c1-12(24)15-10-35-20(34)33(15)16-5-8-28-19(30-16)31-21(6-7-21)17-18(23)32(11-29-17)14-4-2-3-13(9-14)22(25,26)27/h2-5,8-9,11-12,15H,6-7,10H2,1H3,(H,28,30,31)/t12-,15+/m0/s1. The number of imidazole rings is 1. The lowest BCUT2D eigenvalue weighted by Crippen LogP contribution is -2.39. The van der Waals surface area contributed by atoms with Gasteiger partial charge in [-0.3, -0.25) is 9.47 Å². The molecule has 5 rings (SSSR count). The highest BCUT2D eigenvalue weighted by Crippen LogP contribution is 2.50. The Morgan fingerprint density at radius 3 is 2.71 bits per heavy atom. The number of anilines is 2. The van der Waals surface area contributed by atoms with E-state index in [-0.39, 0.29) is 29.2 Å². The molecule has 1 amide bonds. The van der Waals surface area contributed by atoms with Crippen molar-refractivity contribution in [1.82, 2.24) is 19.5 Å². The fourth-order valence-corrected chi connectivity index (χ4v) is 4.38. The van der Waals surface area contributed by atoms with E-state index in [1.54, 1.807) is 0 Å². The van der Waals surface area contributed by atoms with Crippen molar-refractivity contribution < 1.29 is 27.1 Å². The molecule has 184 valence electrons. The number of nitrogens with zero attached hydrogens (tertiary/aromatic N) is 5. The first kappa shape index (κ1) is 23.3. The number of nitrogens with one attached hydrogen (secondary N) is 1. The van der Waals surface area contributed by atoms with Crippen molar-refractivity contribution in [1.29, 1.82) is 0 Å². The normalized spacial score (nSPS) is 20.0. The van der Waals surface area contributed by atoms with Crippen LogP contribution in [0.3, 0.4) is 0 Å². The summed E-state index contributed by atoms with van der Waals surface area (Å²) < 4.78 is 59.7. The fourth-order valence-electron chi connectivity index (χ4n) is 4.01. The Balaban J connectivity index is 1.42. The van der Waals surface area contributed by atoms with Gasteiger partial charge in [0.1, 0.15) is 41.8 Å². The fraction of sp³-hybridized carbons (Fsp3) is 0.364. The van der Waals surface area contributed by atoms with E-state index in [9.17, 15) is 22.4 Å². The van der Waals surface area contributed by atoms with Gasteiger partial charge in [-0.15, -0.1) is 0 Å². The van der Waals surface area contributed by atoms with Crippen molar-refractivity contribution >= 4 is 29.5 Å². The van der Waals surface area contributed by atoms with Crippen molar-refractivity contribution in [2.45, 2.75) is 43.7 Å². The lowest BCUT2D eigenvalue weighted by molar-refractivity contribution is -0.137. The molecule has 0 radical (unpaired) electrons. The smallest absolute Gasteiger partial charge is 0.416 e. The number of hydrogen-bond acceptors (Lipinski definition) is 6. The van der Waals surface area contributed by atoms with E-state index < -0.39 is 35.6 Å². The molecule has 1 saturated carbocycles. The zero-order valence-electron chi connectivity index (χ0n) is 18.3. The summed E-state index contributed by atoms with van der Waals surface area (Å²) in [6, 6.07) is 5.44. The first-order chi connectivity index (χ1) is 16.6. The van der Waals surface area contributed by atoms with Crippen LogP contribution in [0.5, 0.6) is 0 Å². The highest BCUT2D eigenvalue weighted by molar-refractivity contribution is 6.30. The summed E-state index contributed by atoms with van der Waals surface area (Å²) in [6.45, 7) is 1.25. The van der Waals surface area contributed by atoms with Gasteiger partial charge < -0.3 is 10.1 Å². The zero-order chi connectivity index (χ0) is 25.0. The summed E-state index contributed by atoms with van der Waals surface area (Å²) in [4.78, 5) is 26.2. The molecule has 1 N–H and O–H groups in total. The second kappa shape index (κ2) is 8.36. The van der Waals surface area contributed by atoms with Crippen LogP contribution in [0, 0.1) is 0 Å². The maximum absolute atomic E-state index is 14.0. The van der Waals surface area contributed by atoms with Gasteiger partial charge in [0.2, 0.25) is 5.95 Å². The number of benzene rings is 1. The van der Waals surface area contributed by atoms with Gasteiger partial charge in [0.05, 0.1) is 11.1 Å². The van der Waals surface area contributed by atoms with Gasteiger partial charge in [0, 0.05) is 11.9 Å². The minimum Gasteiger partial charge on any atom is -0.447 e. The molecule has 0 unspecified atom stereocenters. The predicted octanol–water partition coefficient (Wildman–Crippen LogP) is 5.12. The Labute approximate surface area is 201 Å². The molecule has 35 heavy (non-hydrogen) atoms. The van der Waals surface area contributed by atoms with Crippen LogP contribution in [-0.2, 0) is 16.5 Å². The molecule has 8 nitrogen and oxygen atoms in total. The molecule has 13 heteroatoms. The van der Waals surface area contributed by atoms with Crippen LogP contribution in [0.25, 0.3) is 5.69 Å². The number of amides is 1. The Kier molecular flexibility index (Phi) is 5.58. The van der Waals surface area contributed by atoms with Crippen molar-refractivity contribution in [2.75, 3.05) is 16.8 Å². The Morgan fingerprint density at radius 1 is 1.26 bits per heavy atom. The quantitative estimate of drug-likeness (QED) is 0.463. The molecule has 2 atom stereocenters. The molecule has 1 saturated heterocycles. The number of alkyl halides is 4. The number of carbonyl (C=O) groups excluding carboxylic acids is 1. The second-order valence-electron chi connectivity index (χ2n) is 8.44. The number of cyclic esters (lactones) is 1. The number of rotatable bonds is 6. The monoisotopic (exact) mass is 510 g/mol. The molecule has 2 fully saturated rings. The van der Waals surface area contributed by atoms with E-state index in [0.717, 1.165) is 17.0 Å². The lowest BCUT2D eigenvalue weighted by Gasteiger charge is -2.22. The topological polar surface area (TPSA) is 85.2 Å². The first-order valence-corrected chi connectivity index (χ1v) is 11.1. The number of carbonyl (C=O) groups is 1. The summed E-state index contributed by atoms with van der Waals surface area (Å²) in [5.41, 5.74) is -0.883. The summed E-state index contributed by atoms with van der Waals surface area (Å²) in [7, 11) is 0. The number of hydrogen-bond donors (Lipinski definition) is 1. The van der Waals surface area contributed by atoms with Crippen LogP contribution in [-0.4, -0.2) is 44.4 Å². The minimum absolute atomic E-state index is 0.0875. The minimum atomic E-state index is -4.49. The molecule has 0 spiro atoms. The van der Waals surface area contributed by atoms with E-state index in [2.05, 4.69) is 20.3 Å². The summed E-state index contributed by atoms with van der Waals surface area (Å²) >= 11 is 6.55. The molecule has 3 aromatic rings. The molecular weight excluding hydrogens is 492 g/mol. The average molecular weight is 511 g/mol. The van der Waals surface area contributed by atoms with Crippen LogP contribution in [0.4, 0.5) is 34.1 Å². The second-order valence-corrected chi connectivity index (χ2v) is 8.80. The van der Waals surface area contributed by atoms with Crippen LogP contribution in [0.15, 0.2) is 42.9 Å². The van der Waals surface area contributed by atoms with Gasteiger partial charge in [-0.05, 0) is 44.0 Å². The van der Waals surface area contributed by atoms with Gasteiger partial charge in [0.15, 0.2) is 0 Å². The van der Waals surface area contributed by atoms with E-state index >= 15 is 0 Å². The van der Waals surface area contributed by atoms with Crippen LogP contribution in [0.2, 0.25) is 5.15 Å². The third-order valence-corrected chi connectivity index (χ3v) is 6.40. The number of ether oxygens (including phenoxy) is 1. The third kappa shape index (κ3) is 4.26. The molecule has 1 aromatic carbocycles. The van der Waals surface area contributed by atoms with Gasteiger partial charge in [-0.1, -0.05) is 17.7 Å². The Bertz CT molecular complexity index is 1280. The van der Waals surface area contributed by atoms with Gasteiger partial charge in [0.25, 0.3) is 0 Å². The molecular formula is C22H19ClF4N6O2. The Hall–Kier alpha value is -3.41. The summed E-state index contributed by atoms with van der Waals surface area (Å²) in [6.07, 6.45) is -2.50. The van der Waals surface area contributed by atoms with Crippen LogP contribution < -0.4 is 10.2 Å². The predicted molar refractivity (Wildman–Crippen MR) is 118 cm³/mol. The zero-order valence-corrected chi connectivity index (χ0v) is 19.0. The van der Waals surface area contributed by atoms with Gasteiger partial charge >= 0.3 is 12.3 Å². The summed E-state index contributed by atoms with van der Waals surface area (Å²) in [5.74, 6) is 0.338. The largest absolute Gasteiger partial charge is 0.447 e. The van der Waals surface area contributed by atoms with Gasteiger partial charge in [-0.2, -0.15) is 18.2 Å². The van der Waals surface area contributed by atoms with Gasteiger partial charge in [-0.25, -0.2) is 19.2 Å². The molecule has 2 aromatic heterocycles. The van der Waals surface area contributed by atoms with Crippen LogP contribution in [0.1, 0.15) is 31.0 Å². The van der Waals surface area contributed by atoms with Crippen LogP contribution >= 0.6 is 11.6 Å². The first-order valence-electron chi connectivity index (χ1n) is 10.7. The molecule has 1 aliphatic carbocycles. The molecule has 0 bridgehead atoms. The van der Waals surface area contributed by atoms with Crippen molar-refractivity contribution in [3.63, 3.8) is 0 Å². The van der Waals surface area contributed by atoms with Crippen molar-refractivity contribution in [3.05, 3.63) is 59.3 Å². The maximum Gasteiger partial charge on any atom is 0.416 e. The highest BCUT2D eigenvalue weighted by Gasteiger charge is 2.49. The maximum atomic E-state index is 14.0. The number of aromatic nitrogens is 4. The molecule has 1 aliphatic heterocycles. The molecule has 3 heterocycles. The number of halogens is 5. The summed E-state index contributed by atoms with van der Waals surface area (Å²) in [5, 5.41) is 3.33. The van der Waals surface area contributed by atoms with E-state index in [1.807, 2.05) is 0 Å².